The first-order valence-corrected chi connectivity index (χ1v) is 6.82. The van der Waals surface area contributed by atoms with Gasteiger partial charge in [-0.1, -0.05) is 0 Å². The number of nitrogens with zero attached hydrogens (tertiary/aromatic N) is 3. The maximum Gasteiger partial charge on any atom is 0.245 e. The number of pyridine rings is 1. The molecule has 0 saturated carbocycles. The Balaban J connectivity index is 0.00000132. The Morgan fingerprint density at radius 2 is 1.87 bits per heavy atom. The van der Waals surface area contributed by atoms with Crippen molar-refractivity contribution in [3.8, 4) is 5.69 Å². The summed E-state index contributed by atoms with van der Waals surface area (Å²) in [5, 5.41) is 7.09. The van der Waals surface area contributed by atoms with Crippen LogP contribution in [-0.2, 0) is 9.53 Å². The average Bonchev–Trinajstić information content (AvgIpc) is 2.97. The van der Waals surface area contributed by atoms with Gasteiger partial charge in [0, 0.05) is 37.9 Å². The van der Waals surface area contributed by atoms with E-state index >= 15 is 0 Å². The van der Waals surface area contributed by atoms with Crippen molar-refractivity contribution in [2.24, 2.45) is 5.73 Å². The molecule has 9 heteroatoms. The van der Waals surface area contributed by atoms with E-state index in [1.165, 1.54) is 0 Å². The summed E-state index contributed by atoms with van der Waals surface area (Å²) in [6.07, 6.45) is 6.18. The van der Waals surface area contributed by atoms with Crippen molar-refractivity contribution >= 4 is 36.5 Å². The zero-order valence-electron chi connectivity index (χ0n) is 12.3. The highest BCUT2D eigenvalue weighted by atomic mass is 35.5. The van der Waals surface area contributed by atoms with Crippen molar-refractivity contribution in [2.45, 2.75) is 18.4 Å². The molecule has 0 unspecified atom stereocenters. The van der Waals surface area contributed by atoms with Gasteiger partial charge in [-0.25, -0.2) is 4.68 Å². The van der Waals surface area contributed by atoms with E-state index < -0.39 is 5.54 Å². The van der Waals surface area contributed by atoms with Gasteiger partial charge < -0.3 is 15.8 Å². The number of carbonyl (C=O) groups excluding carboxylic acids is 1. The first kappa shape index (κ1) is 19.4. The third-order valence-electron chi connectivity index (χ3n) is 3.60. The minimum Gasteiger partial charge on any atom is -0.381 e. The number of amides is 1. The van der Waals surface area contributed by atoms with Crippen LogP contribution in [0.2, 0.25) is 0 Å². The fourth-order valence-corrected chi connectivity index (χ4v) is 2.23. The predicted molar refractivity (Wildman–Crippen MR) is 91.5 cm³/mol. The highest BCUT2D eigenvalue weighted by Gasteiger charge is 2.36. The molecule has 0 spiro atoms. The highest BCUT2D eigenvalue weighted by Crippen LogP contribution is 2.20. The zero-order valence-corrected chi connectivity index (χ0v) is 14.0. The number of carbonyl (C=O) groups is 1. The van der Waals surface area contributed by atoms with E-state index in [-0.39, 0.29) is 30.7 Å². The van der Waals surface area contributed by atoms with Crippen molar-refractivity contribution in [1.29, 1.82) is 0 Å². The van der Waals surface area contributed by atoms with Crippen LogP contribution in [0, 0.1) is 0 Å². The molecule has 3 N–H and O–H groups in total. The van der Waals surface area contributed by atoms with E-state index in [1.54, 1.807) is 29.3 Å². The van der Waals surface area contributed by atoms with Crippen LogP contribution in [0.1, 0.15) is 12.8 Å². The lowest BCUT2D eigenvalue weighted by atomic mass is 9.90. The summed E-state index contributed by atoms with van der Waals surface area (Å²) in [6.45, 7) is 1.02. The van der Waals surface area contributed by atoms with Gasteiger partial charge in [-0.2, -0.15) is 5.10 Å². The van der Waals surface area contributed by atoms with E-state index in [1.807, 2.05) is 12.1 Å². The Morgan fingerprint density at radius 1 is 1.22 bits per heavy atom. The van der Waals surface area contributed by atoms with Crippen molar-refractivity contribution in [2.75, 3.05) is 18.5 Å². The largest absolute Gasteiger partial charge is 0.381 e. The molecule has 1 amide bonds. The van der Waals surface area contributed by atoms with Crippen LogP contribution in [0.15, 0.2) is 36.8 Å². The van der Waals surface area contributed by atoms with Crippen LogP contribution in [0.5, 0.6) is 0 Å². The van der Waals surface area contributed by atoms with Crippen LogP contribution in [0.25, 0.3) is 5.69 Å². The molecule has 0 radical (unpaired) electrons. The average molecular weight is 360 g/mol. The molecule has 1 aliphatic rings. The minimum absolute atomic E-state index is 0. The van der Waals surface area contributed by atoms with E-state index in [4.69, 9.17) is 10.5 Å². The molecule has 0 aromatic carbocycles. The molecule has 2 aromatic rings. The maximum atomic E-state index is 12.3. The summed E-state index contributed by atoms with van der Waals surface area (Å²) < 4.78 is 6.91. The molecular weight excluding hydrogens is 341 g/mol. The highest BCUT2D eigenvalue weighted by molar-refractivity contribution is 5.97. The monoisotopic (exact) mass is 359 g/mol. The van der Waals surface area contributed by atoms with Gasteiger partial charge in [0.25, 0.3) is 0 Å². The Morgan fingerprint density at radius 3 is 2.52 bits per heavy atom. The summed E-state index contributed by atoms with van der Waals surface area (Å²) in [7, 11) is 0. The fourth-order valence-electron chi connectivity index (χ4n) is 2.23. The van der Waals surface area contributed by atoms with Gasteiger partial charge in [0.15, 0.2) is 5.82 Å². The van der Waals surface area contributed by atoms with Crippen LogP contribution in [0.3, 0.4) is 0 Å². The fraction of sp³-hybridized carbons (Fsp3) is 0.357. The molecule has 3 heterocycles. The first-order chi connectivity index (χ1) is 10.2. The Labute approximate surface area is 146 Å². The molecule has 0 bridgehead atoms. The number of hydrogen-bond acceptors (Lipinski definition) is 5. The number of aromatic nitrogens is 3. The van der Waals surface area contributed by atoms with Crippen molar-refractivity contribution in [1.82, 2.24) is 14.8 Å². The van der Waals surface area contributed by atoms with Crippen LogP contribution in [-0.4, -0.2) is 39.4 Å². The second kappa shape index (κ2) is 8.26. The zero-order chi connectivity index (χ0) is 14.7. The van der Waals surface area contributed by atoms with E-state index in [9.17, 15) is 4.79 Å². The topological polar surface area (TPSA) is 95.1 Å². The molecule has 1 saturated heterocycles. The molecule has 0 atom stereocenters. The summed E-state index contributed by atoms with van der Waals surface area (Å²) in [4.78, 5) is 16.2. The van der Waals surface area contributed by atoms with Crippen molar-refractivity contribution in [3.05, 3.63) is 36.8 Å². The van der Waals surface area contributed by atoms with Gasteiger partial charge >= 0.3 is 0 Å². The molecule has 126 valence electrons. The van der Waals surface area contributed by atoms with Gasteiger partial charge in [-0.15, -0.1) is 24.8 Å². The standard InChI is InChI=1S/C14H17N5O2.2ClH/c15-14(4-9-21-10-5-14)13(20)17-12-3-8-19(18-12)11-1-6-16-7-2-11;;/h1-3,6-8H,4-5,9-10,15H2,(H,17,18,20);2*1H. The number of rotatable bonds is 3. The number of hydrogen-bond donors (Lipinski definition) is 2. The smallest absolute Gasteiger partial charge is 0.245 e. The summed E-state index contributed by atoms with van der Waals surface area (Å²) in [5.41, 5.74) is 6.13. The van der Waals surface area contributed by atoms with E-state index in [0.29, 0.717) is 31.9 Å². The second-order valence-corrected chi connectivity index (χ2v) is 5.07. The lowest BCUT2D eigenvalue weighted by Crippen LogP contribution is -2.54. The summed E-state index contributed by atoms with van der Waals surface area (Å²) >= 11 is 0. The van der Waals surface area contributed by atoms with Gasteiger partial charge in [-0.3, -0.25) is 9.78 Å². The number of halogens is 2. The Hall–Kier alpha value is -1.67. The van der Waals surface area contributed by atoms with Crippen LogP contribution < -0.4 is 11.1 Å². The lowest BCUT2D eigenvalue weighted by molar-refractivity contribution is -0.124. The minimum atomic E-state index is -0.876. The molecule has 1 aliphatic heterocycles. The number of nitrogens with one attached hydrogen (secondary N) is 1. The summed E-state index contributed by atoms with van der Waals surface area (Å²) in [6, 6.07) is 5.41. The number of ether oxygens (including phenoxy) is 1. The van der Waals surface area contributed by atoms with Gasteiger partial charge in [0.1, 0.15) is 5.54 Å². The third kappa shape index (κ3) is 4.42. The number of anilines is 1. The Bertz CT molecular complexity index is 629. The van der Waals surface area contributed by atoms with E-state index in [0.717, 1.165) is 5.69 Å². The van der Waals surface area contributed by atoms with Crippen molar-refractivity contribution < 1.29 is 9.53 Å². The quantitative estimate of drug-likeness (QED) is 0.866. The van der Waals surface area contributed by atoms with Gasteiger partial charge in [0.2, 0.25) is 5.91 Å². The Kier molecular flexibility index (Phi) is 6.96. The van der Waals surface area contributed by atoms with Gasteiger partial charge in [-0.05, 0) is 25.0 Å². The van der Waals surface area contributed by atoms with Crippen molar-refractivity contribution in [3.63, 3.8) is 0 Å². The van der Waals surface area contributed by atoms with Crippen LogP contribution >= 0.6 is 24.8 Å². The first-order valence-electron chi connectivity index (χ1n) is 6.82. The second-order valence-electron chi connectivity index (χ2n) is 5.07. The predicted octanol–water partition coefficient (Wildman–Crippen LogP) is 1.56. The van der Waals surface area contributed by atoms with E-state index in [2.05, 4.69) is 15.4 Å². The third-order valence-corrected chi connectivity index (χ3v) is 3.60. The van der Waals surface area contributed by atoms with Gasteiger partial charge in [0.05, 0.1) is 5.69 Å². The molecule has 0 aliphatic carbocycles. The maximum absolute atomic E-state index is 12.3. The normalized spacial score (nSPS) is 15.9. The lowest BCUT2D eigenvalue weighted by Gasteiger charge is -2.31. The van der Waals surface area contributed by atoms with Crippen LogP contribution in [0.4, 0.5) is 5.82 Å². The molecule has 3 rings (SSSR count). The molecular formula is C14H19Cl2N5O2. The molecule has 7 nitrogen and oxygen atoms in total. The SMILES string of the molecule is Cl.Cl.NC1(C(=O)Nc2ccn(-c3ccncc3)n2)CCOCC1. The molecule has 2 aromatic heterocycles. The number of nitrogens with two attached hydrogens (primary N) is 1. The summed E-state index contributed by atoms with van der Waals surface area (Å²) in [5.74, 6) is 0.263. The molecule has 1 fully saturated rings. The molecule has 23 heavy (non-hydrogen) atoms.